The number of hydrogen-bond acceptors (Lipinski definition) is 7. The predicted molar refractivity (Wildman–Crippen MR) is 123 cm³/mol. The predicted octanol–water partition coefficient (Wildman–Crippen LogP) is 4.44. The number of Topliss-reactive ketones (excluding diaryl/α,β-unsaturated/α-hetero) is 1. The molecule has 3 heterocycles. The van der Waals surface area contributed by atoms with Gasteiger partial charge < -0.3 is 23.8 Å². The number of methoxy groups -OCH3 is 1. The second-order valence-electron chi connectivity index (χ2n) is 7.91. The zero-order valence-electron chi connectivity index (χ0n) is 18.4. The monoisotopic (exact) mass is 473 g/mol. The summed E-state index contributed by atoms with van der Waals surface area (Å²) in [6, 6.07) is 15.1. The number of para-hydroxylation sites is 1. The number of ketones is 1. The van der Waals surface area contributed by atoms with E-state index < -0.39 is 29.5 Å². The minimum Gasteiger partial charge on any atom is -0.503 e. The van der Waals surface area contributed by atoms with Gasteiger partial charge >= 0.3 is 5.97 Å². The van der Waals surface area contributed by atoms with Crippen LogP contribution in [0.1, 0.15) is 27.9 Å². The van der Waals surface area contributed by atoms with Crippen LogP contribution in [-0.2, 0) is 16.0 Å². The smallest absolute Gasteiger partial charge is 0.307 e. The van der Waals surface area contributed by atoms with Crippen LogP contribution in [0.2, 0.25) is 0 Å². The van der Waals surface area contributed by atoms with Crippen LogP contribution in [0.25, 0.3) is 11.0 Å². The highest BCUT2D eigenvalue weighted by atomic mass is 16.5. The molecule has 0 spiro atoms. The summed E-state index contributed by atoms with van der Waals surface area (Å²) in [5.74, 6) is -2.57. The largest absolute Gasteiger partial charge is 0.503 e. The normalized spacial score (nSPS) is 15.7. The van der Waals surface area contributed by atoms with Crippen molar-refractivity contribution in [3.8, 4) is 5.75 Å². The number of carboxylic acid groups (broad SMARTS) is 1. The average Bonchev–Trinajstić information content (AvgIpc) is 3.58. The molecule has 176 valence electrons. The van der Waals surface area contributed by atoms with E-state index in [0.717, 1.165) is 0 Å². The molecule has 9 nitrogen and oxygen atoms in total. The Morgan fingerprint density at radius 2 is 1.86 bits per heavy atom. The molecule has 9 heteroatoms. The third-order valence-corrected chi connectivity index (χ3v) is 5.79. The van der Waals surface area contributed by atoms with Crippen LogP contribution in [0.3, 0.4) is 0 Å². The van der Waals surface area contributed by atoms with Gasteiger partial charge in [-0.25, -0.2) is 0 Å². The number of hydrogen-bond donors (Lipinski definition) is 2. The lowest BCUT2D eigenvalue weighted by molar-refractivity contribution is -0.136. The van der Waals surface area contributed by atoms with Gasteiger partial charge in [-0.3, -0.25) is 19.3 Å². The van der Waals surface area contributed by atoms with Gasteiger partial charge in [-0.05, 0) is 42.0 Å². The number of aliphatic hydroxyl groups is 1. The molecule has 0 saturated carbocycles. The minimum absolute atomic E-state index is 0.0749. The molecule has 1 amide bonds. The van der Waals surface area contributed by atoms with E-state index in [1.807, 2.05) is 0 Å². The Hall–Kier alpha value is -4.79. The van der Waals surface area contributed by atoms with E-state index in [-0.39, 0.29) is 23.5 Å². The van der Waals surface area contributed by atoms with Gasteiger partial charge in [0.25, 0.3) is 5.91 Å². The van der Waals surface area contributed by atoms with Crippen LogP contribution in [0.4, 0.5) is 5.69 Å². The van der Waals surface area contributed by atoms with Crippen molar-refractivity contribution >= 4 is 34.3 Å². The molecule has 1 aliphatic heterocycles. The molecule has 0 bridgehead atoms. The van der Waals surface area contributed by atoms with E-state index in [4.69, 9.17) is 18.7 Å². The quantitative estimate of drug-likeness (QED) is 0.377. The van der Waals surface area contributed by atoms with E-state index in [2.05, 4.69) is 0 Å². The van der Waals surface area contributed by atoms with Crippen LogP contribution in [0.5, 0.6) is 5.75 Å². The van der Waals surface area contributed by atoms with Gasteiger partial charge in [-0.15, -0.1) is 0 Å². The van der Waals surface area contributed by atoms with Crippen molar-refractivity contribution < 1.29 is 38.2 Å². The summed E-state index contributed by atoms with van der Waals surface area (Å²) in [5, 5.41) is 20.5. The third-order valence-electron chi connectivity index (χ3n) is 5.79. The van der Waals surface area contributed by atoms with Crippen molar-refractivity contribution in [2.24, 2.45) is 0 Å². The first-order valence-corrected chi connectivity index (χ1v) is 10.6. The van der Waals surface area contributed by atoms with Crippen molar-refractivity contribution in [2.45, 2.75) is 12.5 Å². The Kier molecular flexibility index (Phi) is 5.37. The lowest BCUT2D eigenvalue weighted by atomic mass is 9.99. The van der Waals surface area contributed by atoms with Crippen molar-refractivity contribution in [1.29, 1.82) is 0 Å². The van der Waals surface area contributed by atoms with Gasteiger partial charge in [-0.2, -0.15) is 0 Å². The van der Waals surface area contributed by atoms with Crippen molar-refractivity contribution in [3.63, 3.8) is 0 Å². The fourth-order valence-electron chi connectivity index (χ4n) is 4.21. The number of fused-ring (bicyclic) bond motifs is 1. The Bertz CT molecular complexity index is 1480. The van der Waals surface area contributed by atoms with Gasteiger partial charge in [-0.1, -0.05) is 24.3 Å². The summed E-state index contributed by atoms with van der Waals surface area (Å²) in [4.78, 5) is 39.0. The number of ether oxygens (including phenoxy) is 1. The Balaban J connectivity index is 1.58. The van der Waals surface area contributed by atoms with E-state index >= 15 is 0 Å². The maximum Gasteiger partial charge on any atom is 0.307 e. The molecule has 0 aliphatic carbocycles. The first-order chi connectivity index (χ1) is 16.9. The molecule has 1 aliphatic rings. The molecular weight excluding hydrogens is 454 g/mol. The van der Waals surface area contributed by atoms with Crippen LogP contribution < -0.4 is 9.64 Å². The number of carboxylic acids is 1. The minimum atomic E-state index is -1.06. The third kappa shape index (κ3) is 3.72. The highest BCUT2D eigenvalue weighted by Crippen LogP contribution is 2.43. The summed E-state index contributed by atoms with van der Waals surface area (Å²) >= 11 is 0. The van der Waals surface area contributed by atoms with Crippen molar-refractivity contribution in [3.05, 3.63) is 95.3 Å². The molecular formula is C26H19NO8. The molecule has 0 saturated heterocycles. The van der Waals surface area contributed by atoms with Gasteiger partial charge in [0, 0.05) is 11.1 Å². The topological polar surface area (TPSA) is 130 Å². The van der Waals surface area contributed by atoms with Gasteiger partial charge in [0.2, 0.25) is 5.78 Å². The van der Waals surface area contributed by atoms with Gasteiger partial charge in [0.1, 0.15) is 11.8 Å². The summed E-state index contributed by atoms with van der Waals surface area (Å²) in [7, 11) is 1.48. The Morgan fingerprint density at radius 3 is 2.51 bits per heavy atom. The highest BCUT2D eigenvalue weighted by molar-refractivity contribution is 6.20. The van der Waals surface area contributed by atoms with Crippen LogP contribution in [0.15, 0.2) is 87.1 Å². The SMILES string of the molecule is COc1cccc2cc(C(=O)C3=C(O)C(=O)N(c4ccc(CC(=O)O)cc4)C3c3ccco3)oc12. The van der Waals surface area contributed by atoms with Gasteiger partial charge in [0.15, 0.2) is 22.9 Å². The number of aliphatic carboxylic acids is 1. The van der Waals surface area contributed by atoms with Crippen molar-refractivity contribution in [2.75, 3.05) is 12.0 Å². The van der Waals surface area contributed by atoms with Crippen LogP contribution in [0, 0.1) is 0 Å². The van der Waals surface area contributed by atoms with E-state index in [1.54, 1.807) is 54.6 Å². The number of aliphatic hydroxyl groups excluding tert-OH is 1. The molecule has 1 unspecified atom stereocenters. The zero-order valence-corrected chi connectivity index (χ0v) is 18.4. The number of amides is 1. The molecule has 1 atom stereocenters. The molecule has 2 aromatic heterocycles. The number of carbonyl (C=O) groups excluding carboxylic acids is 2. The summed E-state index contributed by atoms with van der Waals surface area (Å²) < 4.78 is 16.6. The maximum atomic E-state index is 13.6. The zero-order chi connectivity index (χ0) is 24.7. The molecule has 2 N–H and O–H groups in total. The molecule has 35 heavy (non-hydrogen) atoms. The maximum absolute atomic E-state index is 13.6. The fourth-order valence-corrected chi connectivity index (χ4v) is 4.21. The first kappa shape index (κ1) is 22.0. The molecule has 4 aromatic rings. The lowest BCUT2D eigenvalue weighted by Crippen LogP contribution is -2.30. The highest BCUT2D eigenvalue weighted by Gasteiger charge is 2.46. The molecule has 0 radical (unpaired) electrons. The number of carbonyl (C=O) groups is 3. The molecule has 5 rings (SSSR count). The second-order valence-corrected chi connectivity index (χ2v) is 7.91. The summed E-state index contributed by atoms with van der Waals surface area (Å²) in [6.45, 7) is 0. The van der Waals surface area contributed by atoms with Crippen LogP contribution in [-0.4, -0.2) is 35.0 Å². The number of anilines is 1. The van der Waals surface area contributed by atoms with E-state index in [0.29, 0.717) is 28.0 Å². The number of rotatable bonds is 7. The van der Waals surface area contributed by atoms with E-state index in [9.17, 15) is 19.5 Å². The second kappa shape index (κ2) is 8.53. The average molecular weight is 473 g/mol. The Labute approximate surface area is 198 Å². The van der Waals surface area contributed by atoms with Crippen LogP contribution >= 0.6 is 0 Å². The summed E-state index contributed by atoms with van der Waals surface area (Å²) in [6.07, 6.45) is 1.22. The molecule has 2 aromatic carbocycles. The Morgan fingerprint density at radius 1 is 1.09 bits per heavy atom. The van der Waals surface area contributed by atoms with E-state index in [1.165, 1.54) is 24.3 Å². The first-order valence-electron chi connectivity index (χ1n) is 10.6. The lowest BCUT2D eigenvalue weighted by Gasteiger charge is -2.25. The summed E-state index contributed by atoms with van der Waals surface area (Å²) in [5.41, 5.74) is 1.05. The standard InChI is InChI=1S/C26H19NO8/c1-33-18-5-2-4-15-13-19(35-25(15)18)23(30)21-22(17-6-3-11-34-17)27(26(32)24(21)31)16-9-7-14(8-10-16)12-20(28)29/h2-11,13,22,31H,12H2,1H3,(H,28,29). The molecule has 0 fully saturated rings. The number of furan rings is 2. The number of nitrogens with zero attached hydrogens (tertiary/aromatic N) is 1. The van der Waals surface area contributed by atoms with Crippen molar-refractivity contribution in [1.82, 2.24) is 0 Å². The number of benzene rings is 2. The van der Waals surface area contributed by atoms with Gasteiger partial charge in [0.05, 0.1) is 25.4 Å². The fraction of sp³-hybridized carbons (Fsp3) is 0.115.